The van der Waals surface area contributed by atoms with E-state index in [-0.39, 0.29) is 5.82 Å². The van der Waals surface area contributed by atoms with Crippen LogP contribution in [-0.4, -0.2) is 28.2 Å². The number of aromatic nitrogens is 2. The third-order valence-corrected chi connectivity index (χ3v) is 3.81. The average molecular weight is 342 g/mol. The molecule has 0 radical (unpaired) electrons. The summed E-state index contributed by atoms with van der Waals surface area (Å²) < 4.78 is 25.8. The van der Waals surface area contributed by atoms with Crippen molar-refractivity contribution >= 4 is 17.0 Å². The summed E-state index contributed by atoms with van der Waals surface area (Å²) in [5.74, 6) is 0.616. The van der Waals surface area contributed by atoms with Crippen LogP contribution in [0.5, 0.6) is 5.75 Å². The molecule has 25 heavy (non-hydrogen) atoms. The molecule has 6 heteroatoms. The molecule has 3 rings (SSSR count). The van der Waals surface area contributed by atoms with Gasteiger partial charge in [0.05, 0.1) is 17.6 Å². The Morgan fingerprint density at radius 1 is 1.24 bits per heavy atom. The highest BCUT2D eigenvalue weighted by molar-refractivity contribution is 5.78. The van der Waals surface area contributed by atoms with Crippen LogP contribution in [0.4, 0.5) is 4.39 Å². The second-order valence-electron chi connectivity index (χ2n) is 5.63. The van der Waals surface area contributed by atoms with Crippen molar-refractivity contribution in [1.29, 1.82) is 0 Å². The van der Waals surface area contributed by atoms with E-state index < -0.39 is 12.1 Å². The second-order valence-corrected chi connectivity index (χ2v) is 5.63. The third kappa shape index (κ3) is 3.47. The number of fused-ring (bicyclic) bond motifs is 1. The first kappa shape index (κ1) is 17.0. The molecule has 2 aromatic carbocycles. The maximum Gasteiger partial charge on any atom is 0.347 e. The largest absolute Gasteiger partial charge is 0.479 e. The van der Waals surface area contributed by atoms with Crippen molar-refractivity contribution in [2.75, 3.05) is 6.61 Å². The first-order valence-electron chi connectivity index (χ1n) is 8.08. The van der Waals surface area contributed by atoms with Gasteiger partial charge in [0.2, 0.25) is 0 Å². The number of halogens is 1. The smallest absolute Gasteiger partial charge is 0.347 e. The molecule has 1 atom stereocenters. The predicted molar refractivity (Wildman–Crippen MR) is 92.5 cm³/mol. The predicted octanol–water partition coefficient (Wildman–Crippen LogP) is 3.80. The molecule has 0 aliphatic rings. The van der Waals surface area contributed by atoms with Crippen LogP contribution in [0.1, 0.15) is 19.7 Å². The lowest BCUT2D eigenvalue weighted by Gasteiger charge is -2.14. The molecule has 130 valence electrons. The van der Waals surface area contributed by atoms with E-state index in [1.165, 1.54) is 12.1 Å². The van der Waals surface area contributed by atoms with Gasteiger partial charge in [0.25, 0.3) is 0 Å². The van der Waals surface area contributed by atoms with Crippen LogP contribution in [0.2, 0.25) is 0 Å². The number of rotatable bonds is 5. The fourth-order valence-corrected chi connectivity index (χ4v) is 2.69. The Labute approximate surface area is 145 Å². The summed E-state index contributed by atoms with van der Waals surface area (Å²) in [6.07, 6.45) is -0.676. The van der Waals surface area contributed by atoms with Gasteiger partial charge in [-0.15, -0.1) is 0 Å². The van der Waals surface area contributed by atoms with Gasteiger partial charge >= 0.3 is 5.97 Å². The van der Waals surface area contributed by atoms with E-state index in [4.69, 9.17) is 9.47 Å². The van der Waals surface area contributed by atoms with Crippen molar-refractivity contribution in [1.82, 2.24) is 9.55 Å². The summed E-state index contributed by atoms with van der Waals surface area (Å²) in [7, 11) is 0. The zero-order chi connectivity index (χ0) is 18.0. The first-order chi connectivity index (χ1) is 12.0. The summed E-state index contributed by atoms with van der Waals surface area (Å²) in [5, 5.41) is 0. The number of hydrogen-bond donors (Lipinski definition) is 0. The quantitative estimate of drug-likeness (QED) is 0.662. The van der Waals surface area contributed by atoms with E-state index in [0.717, 1.165) is 17.0 Å². The number of esters is 1. The molecule has 0 N–H and O–H groups in total. The molecular weight excluding hydrogens is 323 g/mol. The van der Waals surface area contributed by atoms with Gasteiger partial charge in [0, 0.05) is 11.8 Å². The SMILES string of the molecule is CCOC(=O)C(C)Oc1ccc(-n2c(C)nc3cc(F)ccc32)cc1. The second kappa shape index (κ2) is 6.93. The van der Waals surface area contributed by atoms with Gasteiger partial charge in [-0.2, -0.15) is 0 Å². The minimum Gasteiger partial charge on any atom is -0.479 e. The highest BCUT2D eigenvalue weighted by Crippen LogP contribution is 2.24. The number of nitrogens with zero attached hydrogens (tertiary/aromatic N) is 2. The standard InChI is InChI=1S/C19H19FN2O3/c1-4-24-19(23)12(2)25-16-8-6-15(7-9-16)22-13(3)21-17-11-14(20)5-10-18(17)22/h5-12H,4H2,1-3H3. The molecule has 0 bridgehead atoms. The Bertz CT molecular complexity index is 903. The number of carbonyl (C=O) groups excluding carboxylic acids is 1. The fraction of sp³-hybridized carbons (Fsp3) is 0.263. The number of imidazole rings is 1. The monoisotopic (exact) mass is 342 g/mol. The van der Waals surface area contributed by atoms with Crippen LogP contribution in [-0.2, 0) is 9.53 Å². The summed E-state index contributed by atoms with van der Waals surface area (Å²) in [4.78, 5) is 16.0. The van der Waals surface area contributed by atoms with Crippen molar-refractivity contribution < 1.29 is 18.7 Å². The Morgan fingerprint density at radius 3 is 2.64 bits per heavy atom. The number of benzene rings is 2. The number of aryl methyl sites for hydroxylation is 1. The summed E-state index contributed by atoms with van der Waals surface area (Å²) >= 11 is 0. The number of hydrogen-bond acceptors (Lipinski definition) is 4. The summed E-state index contributed by atoms with van der Waals surface area (Å²) in [6, 6.07) is 11.8. The van der Waals surface area contributed by atoms with Gasteiger partial charge in [-0.3, -0.25) is 4.57 Å². The van der Waals surface area contributed by atoms with Crippen molar-refractivity contribution in [3.05, 3.63) is 54.1 Å². The highest BCUT2D eigenvalue weighted by atomic mass is 19.1. The average Bonchev–Trinajstić information content (AvgIpc) is 2.90. The van der Waals surface area contributed by atoms with Gasteiger partial charge in [-0.25, -0.2) is 14.2 Å². The van der Waals surface area contributed by atoms with E-state index in [2.05, 4.69) is 4.98 Å². The summed E-state index contributed by atoms with van der Waals surface area (Å²) in [5.41, 5.74) is 2.31. The van der Waals surface area contributed by atoms with Crippen LogP contribution >= 0.6 is 0 Å². The van der Waals surface area contributed by atoms with Gasteiger partial charge < -0.3 is 9.47 Å². The minimum atomic E-state index is -0.676. The van der Waals surface area contributed by atoms with Gasteiger partial charge in [0.1, 0.15) is 17.4 Å². The minimum absolute atomic E-state index is 0.311. The zero-order valence-electron chi connectivity index (χ0n) is 14.3. The van der Waals surface area contributed by atoms with Crippen LogP contribution in [0.25, 0.3) is 16.7 Å². The van der Waals surface area contributed by atoms with Gasteiger partial charge in [0.15, 0.2) is 6.10 Å². The molecule has 0 spiro atoms. The first-order valence-corrected chi connectivity index (χ1v) is 8.08. The fourth-order valence-electron chi connectivity index (χ4n) is 2.69. The molecule has 0 saturated carbocycles. The molecule has 1 unspecified atom stereocenters. The van der Waals surface area contributed by atoms with Crippen LogP contribution in [0.3, 0.4) is 0 Å². The lowest BCUT2D eigenvalue weighted by molar-refractivity contribution is -0.150. The van der Waals surface area contributed by atoms with E-state index in [0.29, 0.717) is 17.9 Å². The normalized spacial score (nSPS) is 12.2. The molecular formula is C19H19FN2O3. The number of carbonyl (C=O) groups is 1. The van der Waals surface area contributed by atoms with Crippen LogP contribution in [0.15, 0.2) is 42.5 Å². The van der Waals surface area contributed by atoms with Crippen LogP contribution < -0.4 is 4.74 Å². The molecule has 1 heterocycles. The topological polar surface area (TPSA) is 53.4 Å². The molecule has 0 amide bonds. The molecule has 0 aliphatic carbocycles. The third-order valence-electron chi connectivity index (χ3n) is 3.81. The van der Waals surface area contributed by atoms with Gasteiger partial charge in [-0.1, -0.05) is 0 Å². The lowest BCUT2D eigenvalue weighted by Crippen LogP contribution is -2.26. The zero-order valence-corrected chi connectivity index (χ0v) is 14.3. The molecule has 0 fully saturated rings. The Kier molecular flexibility index (Phi) is 4.70. The molecule has 5 nitrogen and oxygen atoms in total. The van der Waals surface area contributed by atoms with Crippen molar-refractivity contribution in [2.45, 2.75) is 26.9 Å². The Balaban J connectivity index is 1.86. The van der Waals surface area contributed by atoms with Crippen molar-refractivity contribution in [2.24, 2.45) is 0 Å². The van der Waals surface area contributed by atoms with Gasteiger partial charge in [-0.05, 0) is 57.2 Å². The van der Waals surface area contributed by atoms with E-state index in [1.54, 1.807) is 32.0 Å². The van der Waals surface area contributed by atoms with E-state index in [9.17, 15) is 9.18 Å². The molecule has 1 aromatic heterocycles. The van der Waals surface area contributed by atoms with E-state index >= 15 is 0 Å². The Morgan fingerprint density at radius 2 is 1.96 bits per heavy atom. The summed E-state index contributed by atoms with van der Waals surface area (Å²) in [6.45, 7) is 5.58. The Hall–Kier alpha value is -2.89. The maximum atomic E-state index is 13.4. The molecule has 0 saturated heterocycles. The number of ether oxygens (including phenoxy) is 2. The lowest BCUT2D eigenvalue weighted by atomic mass is 10.2. The van der Waals surface area contributed by atoms with E-state index in [1.807, 2.05) is 23.6 Å². The molecule has 3 aromatic rings. The molecule has 0 aliphatic heterocycles. The van der Waals surface area contributed by atoms with Crippen LogP contribution in [0, 0.1) is 12.7 Å². The van der Waals surface area contributed by atoms with Crippen molar-refractivity contribution in [3.63, 3.8) is 0 Å². The highest BCUT2D eigenvalue weighted by Gasteiger charge is 2.16. The maximum absolute atomic E-state index is 13.4. The van der Waals surface area contributed by atoms with Crippen molar-refractivity contribution in [3.8, 4) is 11.4 Å².